The third kappa shape index (κ3) is 71.8. The van der Waals surface area contributed by atoms with Crippen LogP contribution in [-0.2, 0) is 65.4 Å². The maximum atomic E-state index is 13.1. The van der Waals surface area contributed by atoms with Gasteiger partial charge in [-0.2, -0.15) is 0 Å². The highest BCUT2D eigenvalue weighted by Gasteiger charge is 2.30. The molecule has 0 aliphatic rings. The van der Waals surface area contributed by atoms with E-state index in [9.17, 15) is 43.2 Å². The molecule has 0 heterocycles. The van der Waals surface area contributed by atoms with Gasteiger partial charge in [-0.15, -0.1) is 0 Å². The highest BCUT2D eigenvalue weighted by atomic mass is 31.2. The molecule has 100 heavy (non-hydrogen) atoms. The Morgan fingerprint density at radius 2 is 0.520 bits per heavy atom. The third-order valence-electron chi connectivity index (χ3n) is 15.9. The van der Waals surface area contributed by atoms with Crippen molar-refractivity contribution in [3.05, 3.63) is 122 Å². The SMILES string of the molecule is CC/C=C\C/C=C\C/C=C\CCCCCCCCCC(=O)OCC(COP(=O)(O)OCC(O)COP(=O)(O)OCC(COC(=O)CCCCCCC/C=C\C/C=C\CCC)OC(=O)CCCCCCC/C=C\C/C=C\CCC)OC(=O)CCCCCCCCC/C=C\C/C=C\C/C=C\CC. The highest BCUT2D eigenvalue weighted by molar-refractivity contribution is 7.47. The Hall–Kier alpha value is -4.54. The Morgan fingerprint density at radius 3 is 0.800 bits per heavy atom. The van der Waals surface area contributed by atoms with Crippen molar-refractivity contribution in [2.75, 3.05) is 39.6 Å². The van der Waals surface area contributed by atoms with E-state index in [0.29, 0.717) is 25.7 Å². The fourth-order valence-electron chi connectivity index (χ4n) is 10.0. The number of aliphatic hydroxyl groups is 1. The lowest BCUT2D eigenvalue weighted by Gasteiger charge is -2.21. The van der Waals surface area contributed by atoms with Gasteiger partial charge in [0.05, 0.1) is 26.4 Å². The molecule has 0 spiro atoms. The number of phosphoric ester groups is 2. The lowest BCUT2D eigenvalue weighted by Crippen LogP contribution is -2.30. The number of rotatable bonds is 72. The van der Waals surface area contributed by atoms with Crippen molar-refractivity contribution >= 4 is 39.5 Å². The van der Waals surface area contributed by atoms with Crippen molar-refractivity contribution < 1.29 is 80.2 Å². The Balaban J connectivity index is 5.37. The smallest absolute Gasteiger partial charge is 0.462 e. The quantitative estimate of drug-likeness (QED) is 0.0169. The molecule has 0 aromatic heterocycles. The molecule has 0 aromatic rings. The zero-order chi connectivity index (χ0) is 73.2. The molecule has 0 aliphatic heterocycles. The Bertz CT molecular complexity index is 2370. The minimum absolute atomic E-state index is 0.0741. The molecule has 0 aromatic carbocycles. The number of allylic oxidation sites excluding steroid dienone is 20. The molecule has 3 N–H and O–H groups in total. The number of carbonyl (C=O) groups is 4. The first-order valence-electron chi connectivity index (χ1n) is 38.8. The van der Waals surface area contributed by atoms with Gasteiger partial charge in [-0.3, -0.25) is 37.3 Å². The van der Waals surface area contributed by atoms with E-state index in [0.717, 1.165) is 231 Å². The van der Waals surface area contributed by atoms with Crippen molar-refractivity contribution in [2.45, 2.75) is 329 Å². The van der Waals surface area contributed by atoms with Crippen LogP contribution < -0.4 is 0 Å². The van der Waals surface area contributed by atoms with Crippen LogP contribution in [0.15, 0.2) is 122 Å². The summed E-state index contributed by atoms with van der Waals surface area (Å²) in [5.74, 6) is -2.22. The lowest BCUT2D eigenvalue weighted by atomic mass is 10.1. The van der Waals surface area contributed by atoms with E-state index >= 15 is 0 Å². The maximum Gasteiger partial charge on any atom is 0.472 e. The van der Waals surface area contributed by atoms with E-state index in [1.165, 1.54) is 0 Å². The summed E-state index contributed by atoms with van der Waals surface area (Å²) in [6.07, 6.45) is 78.9. The van der Waals surface area contributed by atoms with Gasteiger partial charge in [0, 0.05) is 25.7 Å². The summed E-state index contributed by atoms with van der Waals surface area (Å²) < 4.78 is 68.5. The average Bonchev–Trinajstić information content (AvgIpc) is 1.15. The van der Waals surface area contributed by atoms with Crippen molar-refractivity contribution in [1.29, 1.82) is 0 Å². The molecule has 19 heteroatoms. The van der Waals surface area contributed by atoms with Crippen LogP contribution in [0.5, 0.6) is 0 Å². The lowest BCUT2D eigenvalue weighted by molar-refractivity contribution is -0.161. The van der Waals surface area contributed by atoms with E-state index in [1.54, 1.807) is 0 Å². The largest absolute Gasteiger partial charge is 0.472 e. The van der Waals surface area contributed by atoms with Crippen LogP contribution in [0.2, 0.25) is 0 Å². The number of phosphoric acid groups is 2. The second-order valence-electron chi connectivity index (χ2n) is 25.5. The summed E-state index contributed by atoms with van der Waals surface area (Å²) >= 11 is 0. The fraction of sp³-hybridized carbons (Fsp3) is 0.704. The van der Waals surface area contributed by atoms with Gasteiger partial charge in [0.15, 0.2) is 12.2 Å². The molecule has 0 amide bonds. The molecule has 17 nitrogen and oxygen atoms in total. The fourth-order valence-corrected chi connectivity index (χ4v) is 11.6. The molecule has 0 rings (SSSR count). The summed E-state index contributed by atoms with van der Waals surface area (Å²) in [7, 11) is -9.97. The normalized spacial score (nSPS) is 14.6. The van der Waals surface area contributed by atoms with Crippen LogP contribution in [0, 0.1) is 0 Å². The molecule has 0 saturated heterocycles. The van der Waals surface area contributed by atoms with E-state index in [-0.39, 0.29) is 25.7 Å². The minimum atomic E-state index is -4.98. The molecular formula is C81H138O17P2. The zero-order valence-electron chi connectivity index (χ0n) is 62.6. The second kappa shape index (κ2) is 72.8. The molecule has 0 fully saturated rings. The Morgan fingerprint density at radius 1 is 0.290 bits per heavy atom. The van der Waals surface area contributed by atoms with E-state index in [1.807, 2.05) is 0 Å². The van der Waals surface area contributed by atoms with Crippen molar-refractivity contribution in [3.8, 4) is 0 Å². The number of unbranched alkanes of at least 4 members (excludes halogenated alkanes) is 26. The van der Waals surface area contributed by atoms with Gasteiger partial charge in [0.2, 0.25) is 0 Å². The molecular weight excluding hydrogens is 1310 g/mol. The van der Waals surface area contributed by atoms with Crippen LogP contribution in [-0.4, -0.2) is 96.7 Å². The number of ether oxygens (including phenoxy) is 4. The first-order valence-corrected chi connectivity index (χ1v) is 41.8. The molecule has 5 unspecified atom stereocenters. The van der Waals surface area contributed by atoms with Crippen LogP contribution in [0.1, 0.15) is 310 Å². The van der Waals surface area contributed by atoms with Crippen LogP contribution >= 0.6 is 15.6 Å². The molecule has 0 aliphatic carbocycles. The van der Waals surface area contributed by atoms with Gasteiger partial charge >= 0.3 is 39.5 Å². The Labute approximate surface area is 606 Å². The van der Waals surface area contributed by atoms with Crippen LogP contribution in [0.25, 0.3) is 0 Å². The summed E-state index contributed by atoms with van der Waals surface area (Å²) in [4.78, 5) is 72.9. The molecule has 5 atom stereocenters. The first kappa shape index (κ1) is 95.5. The average molecular weight is 1450 g/mol. The highest BCUT2D eigenvalue weighted by Crippen LogP contribution is 2.45. The Kier molecular flexibility index (Phi) is 69.5. The molecule has 0 bridgehead atoms. The van der Waals surface area contributed by atoms with E-state index in [4.69, 9.17) is 37.0 Å². The standard InChI is InChI=1S/C81H138O17P2/c1-5-9-13-17-21-25-29-33-35-37-39-43-46-50-54-58-62-66-79(84)92-72-77(98-81(86)68-64-60-56-52-48-44-40-38-36-34-30-26-22-18-14-10-6-2)74-96-100(89,90)94-70-75(82)69-93-99(87,88)95-73-76(97-80(85)67-63-59-55-51-47-42-32-28-24-20-16-12-8-4)71-91-78(83)65-61-57-53-49-45-41-31-27-23-19-15-11-7-3/h9-10,13-16,19-22,25-28,31-36,75-77,82H,5-8,11-12,17-18,23-24,29-30,37-74H2,1-4H3,(H,87,88)(H,89,90)/b13-9-,14-10-,19-15-,20-16-,25-21-,26-22-,31-27-,32-28-,35-33-,36-34-. The van der Waals surface area contributed by atoms with Crippen molar-refractivity contribution in [1.82, 2.24) is 0 Å². The van der Waals surface area contributed by atoms with Gasteiger partial charge in [-0.1, -0.05) is 265 Å². The predicted octanol–water partition coefficient (Wildman–Crippen LogP) is 22.3. The first-order chi connectivity index (χ1) is 48.7. The number of esters is 4. The third-order valence-corrected chi connectivity index (χ3v) is 17.8. The van der Waals surface area contributed by atoms with Gasteiger partial charge in [-0.25, -0.2) is 9.13 Å². The number of hydrogen-bond acceptors (Lipinski definition) is 15. The topological polar surface area (TPSA) is 237 Å². The number of aliphatic hydroxyl groups excluding tert-OH is 1. The summed E-state index contributed by atoms with van der Waals surface area (Å²) in [5.41, 5.74) is 0. The number of hydrogen-bond donors (Lipinski definition) is 3. The predicted molar refractivity (Wildman–Crippen MR) is 408 cm³/mol. The monoisotopic (exact) mass is 1440 g/mol. The van der Waals surface area contributed by atoms with Crippen LogP contribution in [0.3, 0.4) is 0 Å². The van der Waals surface area contributed by atoms with E-state index in [2.05, 4.69) is 149 Å². The maximum absolute atomic E-state index is 13.1. The molecule has 574 valence electrons. The second-order valence-corrected chi connectivity index (χ2v) is 28.4. The minimum Gasteiger partial charge on any atom is -0.462 e. The van der Waals surface area contributed by atoms with Gasteiger partial charge in [-0.05, 0) is 141 Å². The molecule has 0 radical (unpaired) electrons. The number of carbonyl (C=O) groups excluding carboxylic acids is 4. The summed E-state index contributed by atoms with van der Waals surface area (Å²) in [6.45, 7) is 4.48. The summed E-state index contributed by atoms with van der Waals surface area (Å²) in [6, 6.07) is 0. The van der Waals surface area contributed by atoms with Gasteiger partial charge < -0.3 is 33.8 Å². The van der Waals surface area contributed by atoms with Crippen molar-refractivity contribution in [3.63, 3.8) is 0 Å². The van der Waals surface area contributed by atoms with Gasteiger partial charge in [0.25, 0.3) is 0 Å². The zero-order valence-corrected chi connectivity index (χ0v) is 64.4. The van der Waals surface area contributed by atoms with E-state index < -0.39 is 97.5 Å². The summed E-state index contributed by atoms with van der Waals surface area (Å²) in [5, 5.41) is 10.6. The molecule has 0 saturated carbocycles. The van der Waals surface area contributed by atoms with Crippen molar-refractivity contribution in [2.24, 2.45) is 0 Å². The van der Waals surface area contributed by atoms with Crippen LogP contribution in [0.4, 0.5) is 0 Å². The van der Waals surface area contributed by atoms with Gasteiger partial charge in [0.1, 0.15) is 19.3 Å².